The Morgan fingerprint density at radius 2 is 2.33 bits per heavy atom. The molecule has 0 aliphatic carbocycles. The summed E-state index contributed by atoms with van der Waals surface area (Å²) in [6.45, 7) is 3.86. The minimum absolute atomic E-state index is 0.120. The maximum atomic E-state index is 4.74. The molecule has 0 aromatic carbocycles. The van der Waals surface area contributed by atoms with Gasteiger partial charge in [-0.3, -0.25) is 0 Å². The summed E-state index contributed by atoms with van der Waals surface area (Å²) in [6, 6.07) is 0. The van der Waals surface area contributed by atoms with Gasteiger partial charge in [0.05, 0.1) is 0 Å². The molecule has 1 aliphatic heterocycles. The minimum Gasteiger partial charge on any atom is -0.323 e. The summed E-state index contributed by atoms with van der Waals surface area (Å²) in [5, 5.41) is 0. The molecule has 1 rings (SSSR count). The molecule has 1 heterocycles. The first kappa shape index (κ1) is 3.84. The quantitative estimate of drug-likeness (QED) is 0.433. The first-order chi connectivity index (χ1) is 2.93. The van der Waals surface area contributed by atoms with Gasteiger partial charge in [-0.2, -0.15) is 0 Å². The highest BCUT2D eigenvalue weighted by atomic mass is 16.8. The topological polar surface area (TPSA) is 18.5 Å². The third kappa shape index (κ3) is 0.441. The second-order valence-corrected chi connectivity index (χ2v) is 1.06. The molecule has 0 bridgehead atoms. The summed E-state index contributed by atoms with van der Waals surface area (Å²) >= 11 is 0. The minimum atomic E-state index is -0.120. The fourth-order valence-electron chi connectivity index (χ4n) is 0.283. The van der Waals surface area contributed by atoms with Crippen molar-refractivity contribution in [2.24, 2.45) is 0 Å². The summed E-state index contributed by atoms with van der Waals surface area (Å²) in [6.07, 6.45) is 1.49. The SMILES string of the molecule is C=CC1OCO1. The monoisotopic (exact) mass is 86.0 g/mol. The van der Waals surface area contributed by atoms with Crippen molar-refractivity contribution >= 4 is 0 Å². The van der Waals surface area contributed by atoms with Crippen LogP contribution in [0.15, 0.2) is 12.7 Å². The van der Waals surface area contributed by atoms with Crippen LogP contribution in [0.25, 0.3) is 0 Å². The van der Waals surface area contributed by atoms with E-state index in [0.717, 1.165) is 0 Å². The van der Waals surface area contributed by atoms with Crippen LogP contribution in [0.4, 0.5) is 0 Å². The van der Waals surface area contributed by atoms with Crippen molar-refractivity contribution in [2.75, 3.05) is 6.79 Å². The molecule has 0 aromatic rings. The first-order valence-electron chi connectivity index (χ1n) is 1.79. The third-order valence-electron chi connectivity index (χ3n) is 0.657. The van der Waals surface area contributed by atoms with Crippen molar-refractivity contribution in [1.29, 1.82) is 0 Å². The summed E-state index contributed by atoms with van der Waals surface area (Å²) in [5.41, 5.74) is 0. The van der Waals surface area contributed by atoms with E-state index in [1.807, 2.05) is 0 Å². The highest BCUT2D eigenvalue weighted by Gasteiger charge is 2.12. The zero-order valence-electron chi connectivity index (χ0n) is 3.39. The Hall–Kier alpha value is -0.340. The van der Waals surface area contributed by atoms with Crippen LogP contribution in [-0.2, 0) is 9.47 Å². The average Bonchev–Trinajstić information content (AvgIpc) is 1.31. The standard InChI is InChI=1S/C4H6O2/c1-2-4-5-3-6-4/h2,4H,1,3H2. The highest BCUT2D eigenvalue weighted by molar-refractivity contribution is 4.73. The summed E-state index contributed by atoms with van der Waals surface area (Å²) < 4.78 is 9.48. The lowest BCUT2D eigenvalue weighted by molar-refractivity contribution is -0.295. The van der Waals surface area contributed by atoms with Crippen LogP contribution in [0.5, 0.6) is 0 Å². The first-order valence-corrected chi connectivity index (χ1v) is 1.79. The van der Waals surface area contributed by atoms with Gasteiger partial charge >= 0.3 is 0 Å². The maximum absolute atomic E-state index is 4.74. The summed E-state index contributed by atoms with van der Waals surface area (Å²) in [7, 11) is 0. The molecule has 1 aliphatic rings. The molecule has 0 saturated carbocycles. The maximum Gasteiger partial charge on any atom is 0.182 e. The molecule has 0 N–H and O–H groups in total. The van der Waals surface area contributed by atoms with Gasteiger partial charge in [-0.05, 0) is 6.08 Å². The van der Waals surface area contributed by atoms with E-state index in [4.69, 9.17) is 9.47 Å². The average molecular weight is 86.1 g/mol. The van der Waals surface area contributed by atoms with Crippen LogP contribution in [-0.4, -0.2) is 13.1 Å². The van der Waals surface area contributed by atoms with Crippen molar-refractivity contribution in [3.8, 4) is 0 Å². The smallest absolute Gasteiger partial charge is 0.182 e. The van der Waals surface area contributed by atoms with E-state index in [-0.39, 0.29) is 6.29 Å². The van der Waals surface area contributed by atoms with Crippen molar-refractivity contribution in [3.63, 3.8) is 0 Å². The molecule has 0 spiro atoms. The lowest BCUT2D eigenvalue weighted by Crippen LogP contribution is -2.27. The molecule has 34 valence electrons. The van der Waals surface area contributed by atoms with E-state index < -0.39 is 0 Å². The number of rotatable bonds is 1. The Labute approximate surface area is 36.4 Å². The summed E-state index contributed by atoms with van der Waals surface area (Å²) in [4.78, 5) is 0. The van der Waals surface area contributed by atoms with Crippen molar-refractivity contribution < 1.29 is 9.47 Å². The molecule has 2 nitrogen and oxygen atoms in total. The second kappa shape index (κ2) is 1.41. The fraction of sp³-hybridized carbons (Fsp3) is 0.500. The molecule has 1 fully saturated rings. The van der Waals surface area contributed by atoms with Gasteiger partial charge in [-0.1, -0.05) is 6.58 Å². The van der Waals surface area contributed by atoms with E-state index in [1.54, 1.807) is 6.08 Å². The molecule has 0 radical (unpaired) electrons. The molecule has 0 amide bonds. The lowest BCUT2D eigenvalue weighted by atomic mass is 10.6. The number of hydrogen-bond acceptors (Lipinski definition) is 2. The Balaban J connectivity index is 2.16. The van der Waals surface area contributed by atoms with Crippen LogP contribution < -0.4 is 0 Å². The molecule has 1 saturated heterocycles. The zero-order chi connectivity index (χ0) is 4.41. The van der Waals surface area contributed by atoms with E-state index in [0.29, 0.717) is 6.79 Å². The summed E-state index contributed by atoms with van der Waals surface area (Å²) in [5.74, 6) is 0. The van der Waals surface area contributed by atoms with Gasteiger partial charge in [-0.15, -0.1) is 0 Å². The molecule has 6 heavy (non-hydrogen) atoms. The van der Waals surface area contributed by atoms with Crippen LogP contribution >= 0.6 is 0 Å². The van der Waals surface area contributed by atoms with Crippen LogP contribution in [0.2, 0.25) is 0 Å². The molecule has 0 unspecified atom stereocenters. The molecule has 2 heteroatoms. The zero-order valence-corrected chi connectivity index (χ0v) is 3.39. The number of ether oxygens (including phenoxy) is 2. The Kier molecular flexibility index (Phi) is 0.900. The van der Waals surface area contributed by atoms with E-state index in [1.165, 1.54) is 0 Å². The van der Waals surface area contributed by atoms with Gasteiger partial charge in [0.2, 0.25) is 0 Å². The fourth-order valence-corrected chi connectivity index (χ4v) is 0.283. The highest BCUT2D eigenvalue weighted by Crippen LogP contribution is 2.05. The van der Waals surface area contributed by atoms with Crippen LogP contribution in [0, 0.1) is 0 Å². The largest absolute Gasteiger partial charge is 0.323 e. The lowest BCUT2D eigenvalue weighted by Gasteiger charge is -2.22. The molecular formula is C4H6O2. The molecule has 0 aromatic heterocycles. The van der Waals surface area contributed by atoms with Gasteiger partial charge in [0.25, 0.3) is 0 Å². The van der Waals surface area contributed by atoms with Crippen molar-refractivity contribution in [2.45, 2.75) is 6.29 Å². The Morgan fingerprint density at radius 3 is 2.33 bits per heavy atom. The van der Waals surface area contributed by atoms with Crippen LogP contribution in [0.3, 0.4) is 0 Å². The Bertz CT molecular complexity index is 56.6. The molecular weight excluding hydrogens is 80.0 g/mol. The van der Waals surface area contributed by atoms with Gasteiger partial charge in [0.1, 0.15) is 0 Å². The van der Waals surface area contributed by atoms with Crippen molar-refractivity contribution in [3.05, 3.63) is 12.7 Å². The second-order valence-electron chi connectivity index (χ2n) is 1.06. The van der Waals surface area contributed by atoms with E-state index >= 15 is 0 Å². The predicted molar refractivity (Wildman–Crippen MR) is 21.0 cm³/mol. The third-order valence-corrected chi connectivity index (χ3v) is 0.657. The van der Waals surface area contributed by atoms with Crippen molar-refractivity contribution in [1.82, 2.24) is 0 Å². The number of hydrogen-bond donors (Lipinski definition) is 0. The van der Waals surface area contributed by atoms with Gasteiger partial charge in [0, 0.05) is 0 Å². The van der Waals surface area contributed by atoms with Gasteiger partial charge in [0.15, 0.2) is 13.1 Å². The van der Waals surface area contributed by atoms with E-state index in [2.05, 4.69) is 6.58 Å². The predicted octanol–water partition coefficient (Wildman–Crippen LogP) is 0.503. The van der Waals surface area contributed by atoms with Gasteiger partial charge < -0.3 is 9.47 Å². The Morgan fingerprint density at radius 1 is 1.67 bits per heavy atom. The molecule has 0 atom stereocenters. The normalized spacial score (nSPS) is 22.7. The van der Waals surface area contributed by atoms with Gasteiger partial charge in [-0.25, -0.2) is 0 Å². The van der Waals surface area contributed by atoms with Crippen LogP contribution in [0.1, 0.15) is 0 Å². The van der Waals surface area contributed by atoms with E-state index in [9.17, 15) is 0 Å².